The van der Waals surface area contributed by atoms with Crippen LogP contribution in [0.4, 0.5) is 11.4 Å². The summed E-state index contributed by atoms with van der Waals surface area (Å²) in [5.74, 6) is 0. The topological polar surface area (TPSA) is 35.9 Å². The van der Waals surface area contributed by atoms with E-state index in [0.29, 0.717) is 0 Å². The Bertz CT molecular complexity index is 781. The van der Waals surface area contributed by atoms with Gasteiger partial charge in [0.15, 0.2) is 0 Å². The zero-order chi connectivity index (χ0) is 13.9. The van der Waals surface area contributed by atoms with Crippen LogP contribution in [0, 0.1) is 5.41 Å². The molecule has 3 aromatic carbocycles. The molecule has 0 aromatic heterocycles. The fourth-order valence-electron chi connectivity index (χ4n) is 2.26. The van der Waals surface area contributed by atoms with Crippen molar-refractivity contribution in [1.82, 2.24) is 0 Å². The summed E-state index contributed by atoms with van der Waals surface area (Å²) in [6.45, 7) is 0. The second kappa shape index (κ2) is 5.47. The lowest BCUT2D eigenvalue weighted by atomic mass is 10.0. The molecule has 98 valence electrons. The van der Waals surface area contributed by atoms with Crippen molar-refractivity contribution in [3.8, 4) is 0 Å². The van der Waals surface area contributed by atoms with Gasteiger partial charge in [-0.25, -0.2) is 0 Å². The Balaban J connectivity index is 2.16. The van der Waals surface area contributed by atoms with Crippen molar-refractivity contribution in [3.63, 3.8) is 0 Å². The number of benzene rings is 3. The Hall–Kier alpha value is -2.13. The van der Waals surface area contributed by atoms with Gasteiger partial charge in [0.1, 0.15) is 0 Å². The van der Waals surface area contributed by atoms with E-state index in [-0.39, 0.29) is 0 Å². The fraction of sp³-hybridized carbons (Fsp3) is 0. The normalized spacial score (nSPS) is 10.4. The van der Waals surface area contributed by atoms with Crippen molar-refractivity contribution in [2.75, 3.05) is 5.32 Å². The van der Waals surface area contributed by atoms with E-state index in [1.807, 2.05) is 48.5 Å². The summed E-state index contributed by atoms with van der Waals surface area (Å²) in [5.41, 5.74) is 2.85. The molecular formula is C17H13BrN2. The van der Waals surface area contributed by atoms with E-state index in [0.717, 1.165) is 32.2 Å². The summed E-state index contributed by atoms with van der Waals surface area (Å²) in [6.07, 6.45) is 1.38. The first-order chi connectivity index (χ1) is 9.78. The molecule has 0 heterocycles. The number of halogens is 1. The lowest BCUT2D eigenvalue weighted by Crippen LogP contribution is -1.96. The van der Waals surface area contributed by atoms with E-state index < -0.39 is 0 Å². The van der Waals surface area contributed by atoms with Crippen LogP contribution in [0.2, 0.25) is 0 Å². The Morgan fingerprint density at radius 3 is 2.60 bits per heavy atom. The average Bonchev–Trinajstić information content (AvgIpc) is 2.48. The van der Waals surface area contributed by atoms with Crippen LogP contribution in [-0.2, 0) is 0 Å². The van der Waals surface area contributed by atoms with Crippen molar-refractivity contribution in [1.29, 1.82) is 5.41 Å². The molecule has 0 radical (unpaired) electrons. The van der Waals surface area contributed by atoms with Crippen LogP contribution in [0.1, 0.15) is 5.56 Å². The molecular weight excluding hydrogens is 312 g/mol. The molecule has 2 N–H and O–H groups in total. The maximum Gasteiger partial charge on any atom is 0.0552 e. The van der Waals surface area contributed by atoms with Gasteiger partial charge in [-0.2, -0.15) is 0 Å². The molecule has 0 aliphatic carbocycles. The third-order valence-corrected chi connectivity index (χ3v) is 3.70. The molecule has 0 amide bonds. The van der Waals surface area contributed by atoms with Gasteiger partial charge in [-0.15, -0.1) is 0 Å². The van der Waals surface area contributed by atoms with Gasteiger partial charge < -0.3 is 10.7 Å². The summed E-state index contributed by atoms with van der Waals surface area (Å²) >= 11 is 3.48. The lowest BCUT2D eigenvalue weighted by molar-refractivity contribution is 1.51. The van der Waals surface area contributed by atoms with Gasteiger partial charge in [-0.05, 0) is 23.6 Å². The summed E-state index contributed by atoms with van der Waals surface area (Å²) in [6, 6.07) is 20.2. The highest BCUT2D eigenvalue weighted by atomic mass is 79.9. The number of hydrogen-bond donors (Lipinski definition) is 2. The van der Waals surface area contributed by atoms with Crippen molar-refractivity contribution in [2.24, 2.45) is 0 Å². The Morgan fingerprint density at radius 1 is 0.950 bits per heavy atom. The molecule has 3 heteroatoms. The first kappa shape index (κ1) is 12.9. The highest BCUT2D eigenvalue weighted by molar-refractivity contribution is 9.10. The van der Waals surface area contributed by atoms with E-state index >= 15 is 0 Å². The molecule has 0 atom stereocenters. The van der Waals surface area contributed by atoms with Crippen molar-refractivity contribution in [2.45, 2.75) is 0 Å². The largest absolute Gasteiger partial charge is 0.354 e. The Morgan fingerprint density at radius 2 is 1.80 bits per heavy atom. The van der Waals surface area contributed by atoms with E-state index in [1.165, 1.54) is 6.21 Å². The van der Waals surface area contributed by atoms with Crippen LogP contribution in [-0.4, -0.2) is 6.21 Å². The van der Waals surface area contributed by atoms with Crippen LogP contribution in [0.3, 0.4) is 0 Å². The molecule has 20 heavy (non-hydrogen) atoms. The van der Waals surface area contributed by atoms with Crippen molar-refractivity contribution >= 4 is 44.3 Å². The zero-order valence-electron chi connectivity index (χ0n) is 10.7. The predicted octanol–water partition coefficient (Wildman–Crippen LogP) is 5.34. The van der Waals surface area contributed by atoms with Crippen LogP contribution < -0.4 is 5.32 Å². The molecule has 0 saturated carbocycles. The molecule has 0 saturated heterocycles. The molecule has 0 spiro atoms. The minimum Gasteiger partial charge on any atom is -0.354 e. The molecule has 0 fully saturated rings. The third kappa shape index (κ3) is 2.45. The Kier molecular flexibility index (Phi) is 3.52. The number of hydrogen-bond acceptors (Lipinski definition) is 2. The minimum absolute atomic E-state index is 0.878. The van der Waals surface area contributed by atoms with Crippen molar-refractivity contribution < 1.29 is 0 Å². The molecule has 0 unspecified atom stereocenters. The number of rotatable bonds is 3. The molecule has 3 rings (SSSR count). The van der Waals surface area contributed by atoms with E-state index in [2.05, 4.69) is 33.4 Å². The first-order valence-corrected chi connectivity index (χ1v) is 7.12. The SMILES string of the molecule is N=Cc1ccc2ccccc2c1Nc1cccc(Br)c1. The highest BCUT2D eigenvalue weighted by Gasteiger charge is 2.06. The minimum atomic E-state index is 0.878. The molecule has 0 aliphatic heterocycles. The van der Waals surface area contributed by atoms with Gasteiger partial charge in [0.05, 0.1) is 5.69 Å². The highest BCUT2D eigenvalue weighted by Crippen LogP contribution is 2.30. The average molecular weight is 325 g/mol. The van der Waals surface area contributed by atoms with Gasteiger partial charge in [0.25, 0.3) is 0 Å². The van der Waals surface area contributed by atoms with Gasteiger partial charge in [0.2, 0.25) is 0 Å². The maximum absolute atomic E-state index is 7.59. The van der Waals surface area contributed by atoms with Gasteiger partial charge in [0, 0.05) is 27.3 Å². The van der Waals surface area contributed by atoms with Crippen molar-refractivity contribution in [3.05, 3.63) is 70.7 Å². The number of anilines is 2. The second-order valence-electron chi connectivity index (χ2n) is 4.53. The standard InChI is InChI=1S/C17H13BrN2/c18-14-5-3-6-15(10-14)20-17-13(11-19)9-8-12-4-1-2-7-16(12)17/h1-11,19-20H. The smallest absolute Gasteiger partial charge is 0.0552 e. The summed E-state index contributed by atoms with van der Waals surface area (Å²) in [5, 5.41) is 13.3. The zero-order valence-corrected chi connectivity index (χ0v) is 12.3. The number of nitrogens with one attached hydrogen (secondary N) is 2. The van der Waals surface area contributed by atoms with Crippen LogP contribution in [0.25, 0.3) is 10.8 Å². The summed E-state index contributed by atoms with van der Waals surface area (Å²) in [4.78, 5) is 0. The monoisotopic (exact) mass is 324 g/mol. The van der Waals surface area contributed by atoms with Gasteiger partial charge >= 0.3 is 0 Å². The molecule has 2 nitrogen and oxygen atoms in total. The molecule has 3 aromatic rings. The maximum atomic E-state index is 7.59. The van der Waals surface area contributed by atoms with Crippen LogP contribution in [0.5, 0.6) is 0 Å². The summed E-state index contributed by atoms with van der Waals surface area (Å²) in [7, 11) is 0. The second-order valence-corrected chi connectivity index (χ2v) is 5.45. The quantitative estimate of drug-likeness (QED) is 0.626. The number of fused-ring (bicyclic) bond motifs is 1. The fourth-order valence-corrected chi connectivity index (χ4v) is 2.66. The third-order valence-electron chi connectivity index (χ3n) is 3.21. The van der Waals surface area contributed by atoms with E-state index in [4.69, 9.17) is 5.41 Å². The first-order valence-electron chi connectivity index (χ1n) is 6.33. The molecule has 0 bridgehead atoms. The predicted molar refractivity (Wildman–Crippen MR) is 89.3 cm³/mol. The summed E-state index contributed by atoms with van der Waals surface area (Å²) < 4.78 is 1.03. The Labute approximate surface area is 126 Å². The van der Waals surface area contributed by atoms with Crippen LogP contribution >= 0.6 is 15.9 Å². The van der Waals surface area contributed by atoms with Gasteiger partial charge in [-0.3, -0.25) is 0 Å². The van der Waals surface area contributed by atoms with Gasteiger partial charge in [-0.1, -0.05) is 58.4 Å². The lowest BCUT2D eigenvalue weighted by Gasteiger charge is -2.13. The van der Waals surface area contributed by atoms with Crippen LogP contribution in [0.15, 0.2) is 65.1 Å². The molecule has 0 aliphatic rings. The van der Waals surface area contributed by atoms with E-state index in [9.17, 15) is 0 Å². The van der Waals surface area contributed by atoms with E-state index in [1.54, 1.807) is 0 Å².